The number of amides is 1. The van der Waals surface area contributed by atoms with Crippen molar-refractivity contribution in [3.63, 3.8) is 0 Å². The van der Waals surface area contributed by atoms with E-state index < -0.39 is 11.9 Å². The van der Waals surface area contributed by atoms with Crippen molar-refractivity contribution in [1.29, 1.82) is 0 Å². The van der Waals surface area contributed by atoms with Crippen LogP contribution in [0.1, 0.15) is 5.56 Å². The number of rotatable bonds is 4. The molecule has 4 rings (SSSR count). The first-order valence-electron chi connectivity index (χ1n) is 8.80. The number of ether oxygens (including phenoxy) is 1. The van der Waals surface area contributed by atoms with Gasteiger partial charge in [0, 0.05) is 0 Å². The highest BCUT2D eigenvalue weighted by Gasteiger charge is 2.20. The van der Waals surface area contributed by atoms with Gasteiger partial charge >= 0.3 is 6.09 Å². The molecule has 0 bridgehead atoms. The Morgan fingerprint density at radius 3 is 2.57 bits per heavy atom. The number of anilines is 3. The number of hydrogen-bond donors (Lipinski definition) is 3. The number of fused-ring (bicyclic) bond motifs is 1. The quantitative estimate of drug-likeness (QED) is 0.466. The molecule has 5 N–H and O–H groups in total. The van der Waals surface area contributed by atoms with Crippen LogP contribution in [0.15, 0.2) is 42.6 Å². The molecule has 0 fully saturated rings. The van der Waals surface area contributed by atoms with Crippen molar-refractivity contribution in [1.82, 2.24) is 24.7 Å². The first-order chi connectivity index (χ1) is 14.5. The lowest BCUT2D eigenvalue weighted by Crippen LogP contribution is -2.16. The highest BCUT2D eigenvalue weighted by Crippen LogP contribution is 2.30. The molecule has 3 aromatic heterocycles. The van der Waals surface area contributed by atoms with Crippen molar-refractivity contribution < 1.29 is 13.9 Å². The molecule has 0 aliphatic carbocycles. The third kappa shape index (κ3) is 3.55. The van der Waals surface area contributed by atoms with Crippen molar-refractivity contribution in [2.24, 2.45) is 0 Å². The largest absolute Gasteiger partial charge is 0.453 e. The van der Waals surface area contributed by atoms with Crippen LogP contribution in [0.4, 0.5) is 26.5 Å². The van der Waals surface area contributed by atoms with Gasteiger partial charge in [-0.3, -0.25) is 5.32 Å². The van der Waals surface area contributed by atoms with Gasteiger partial charge in [-0.2, -0.15) is 5.10 Å². The highest BCUT2D eigenvalue weighted by atomic mass is 19.1. The molecule has 11 heteroatoms. The Bertz CT molecular complexity index is 1220. The second-order valence-electron chi connectivity index (χ2n) is 6.33. The van der Waals surface area contributed by atoms with Crippen molar-refractivity contribution >= 4 is 34.4 Å². The van der Waals surface area contributed by atoms with Crippen LogP contribution in [0.3, 0.4) is 0 Å². The Labute approximate surface area is 169 Å². The lowest BCUT2D eigenvalue weighted by molar-refractivity contribution is 0.187. The third-order valence-corrected chi connectivity index (χ3v) is 4.32. The van der Waals surface area contributed by atoms with E-state index in [0.29, 0.717) is 17.6 Å². The van der Waals surface area contributed by atoms with E-state index in [-0.39, 0.29) is 28.8 Å². The predicted octanol–water partition coefficient (Wildman–Crippen LogP) is 2.42. The summed E-state index contributed by atoms with van der Waals surface area (Å²) in [4.78, 5) is 24.0. The Morgan fingerprint density at radius 1 is 1.20 bits per heavy atom. The molecule has 1 aromatic carbocycles. The zero-order valence-electron chi connectivity index (χ0n) is 15.8. The second kappa shape index (κ2) is 7.62. The maximum Gasteiger partial charge on any atom is 0.411 e. The fourth-order valence-corrected chi connectivity index (χ4v) is 2.95. The summed E-state index contributed by atoms with van der Waals surface area (Å²) >= 11 is 0. The number of carbonyl (C=O) groups is 1. The van der Waals surface area contributed by atoms with Gasteiger partial charge in [-0.05, 0) is 11.6 Å². The number of nitrogen functional groups attached to an aromatic ring is 2. The van der Waals surface area contributed by atoms with Gasteiger partial charge in [0.25, 0.3) is 0 Å². The molecule has 0 aliphatic rings. The molecule has 4 aromatic rings. The van der Waals surface area contributed by atoms with Crippen molar-refractivity contribution in [2.45, 2.75) is 6.54 Å². The van der Waals surface area contributed by atoms with Crippen LogP contribution < -0.4 is 16.8 Å². The predicted molar refractivity (Wildman–Crippen MR) is 109 cm³/mol. The van der Waals surface area contributed by atoms with Crippen LogP contribution in [0.2, 0.25) is 0 Å². The zero-order chi connectivity index (χ0) is 21.3. The van der Waals surface area contributed by atoms with Crippen LogP contribution in [0, 0.1) is 5.82 Å². The summed E-state index contributed by atoms with van der Waals surface area (Å²) < 4.78 is 20.1. The molecular formula is C19H17FN8O2. The molecule has 10 nitrogen and oxygen atoms in total. The Hall–Kier alpha value is -4.28. The fourth-order valence-electron chi connectivity index (χ4n) is 2.95. The number of nitrogens with one attached hydrogen (secondary N) is 1. The van der Waals surface area contributed by atoms with Gasteiger partial charge in [-0.1, -0.05) is 30.3 Å². The molecule has 0 saturated carbocycles. The van der Waals surface area contributed by atoms with E-state index in [1.54, 1.807) is 4.68 Å². The number of hydrogen-bond acceptors (Lipinski definition) is 8. The number of pyridine rings is 1. The SMILES string of the molecule is COC(=O)Nc1c(N)nc(-c2nn(Cc3ccccc3)c3ncc(F)cc23)nc1N. The molecule has 0 aliphatic heterocycles. The summed E-state index contributed by atoms with van der Waals surface area (Å²) in [6.45, 7) is 0.406. The van der Waals surface area contributed by atoms with E-state index in [1.165, 1.54) is 13.2 Å². The van der Waals surface area contributed by atoms with Gasteiger partial charge in [0.2, 0.25) is 0 Å². The van der Waals surface area contributed by atoms with Crippen LogP contribution in [-0.2, 0) is 11.3 Å². The number of carbonyl (C=O) groups excluding carboxylic acids is 1. The minimum Gasteiger partial charge on any atom is -0.453 e. The second-order valence-corrected chi connectivity index (χ2v) is 6.33. The van der Waals surface area contributed by atoms with E-state index in [9.17, 15) is 9.18 Å². The Kier molecular flexibility index (Phi) is 4.84. The van der Waals surface area contributed by atoms with Crippen LogP contribution in [0.25, 0.3) is 22.6 Å². The van der Waals surface area contributed by atoms with E-state index in [0.717, 1.165) is 11.8 Å². The normalized spacial score (nSPS) is 10.9. The third-order valence-electron chi connectivity index (χ3n) is 4.32. The van der Waals surface area contributed by atoms with Crippen molar-refractivity contribution in [3.8, 4) is 11.5 Å². The van der Waals surface area contributed by atoms with Gasteiger partial charge in [0.05, 0.1) is 25.2 Å². The average Bonchev–Trinajstić information content (AvgIpc) is 3.08. The number of aromatic nitrogens is 5. The summed E-state index contributed by atoms with van der Waals surface area (Å²) in [6, 6.07) is 10.9. The van der Waals surface area contributed by atoms with Crippen molar-refractivity contribution in [2.75, 3.05) is 23.9 Å². The van der Waals surface area contributed by atoms with Crippen LogP contribution >= 0.6 is 0 Å². The molecule has 0 spiro atoms. The van der Waals surface area contributed by atoms with E-state index in [1.807, 2.05) is 30.3 Å². The van der Waals surface area contributed by atoms with Crippen LogP contribution in [-0.4, -0.2) is 37.9 Å². The maximum absolute atomic E-state index is 13.9. The Balaban J connectivity index is 1.83. The zero-order valence-corrected chi connectivity index (χ0v) is 15.8. The molecule has 30 heavy (non-hydrogen) atoms. The maximum atomic E-state index is 13.9. The lowest BCUT2D eigenvalue weighted by Gasteiger charge is -2.10. The molecule has 3 heterocycles. The Morgan fingerprint density at radius 2 is 1.90 bits per heavy atom. The summed E-state index contributed by atoms with van der Waals surface area (Å²) in [6.07, 6.45) is 0.344. The van der Waals surface area contributed by atoms with Gasteiger partial charge in [0.1, 0.15) is 17.2 Å². The van der Waals surface area contributed by atoms with Crippen molar-refractivity contribution in [3.05, 3.63) is 54.0 Å². The summed E-state index contributed by atoms with van der Waals surface area (Å²) in [7, 11) is 1.20. The molecule has 0 atom stereocenters. The van der Waals surface area contributed by atoms with Crippen LogP contribution in [0.5, 0.6) is 0 Å². The number of nitrogens with zero attached hydrogens (tertiary/aromatic N) is 5. The summed E-state index contributed by atoms with van der Waals surface area (Å²) in [5, 5.41) is 7.28. The minimum atomic E-state index is -0.770. The van der Waals surface area contributed by atoms with Gasteiger partial charge in [-0.25, -0.2) is 28.8 Å². The number of nitrogens with two attached hydrogens (primary N) is 2. The smallest absolute Gasteiger partial charge is 0.411 e. The summed E-state index contributed by atoms with van der Waals surface area (Å²) in [5.74, 6) is -0.631. The minimum absolute atomic E-state index is 0.0166. The van der Waals surface area contributed by atoms with Gasteiger partial charge in [-0.15, -0.1) is 0 Å². The molecule has 0 radical (unpaired) electrons. The molecule has 0 saturated heterocycles. The average molecular weight is 408 g/mol. The first-order valence-corrected chi connectivity index (χ1v) is 8.80. The molecule has 152 valence electrons. The number of methoxy groups -OCH3 is 1. The first kappa shape index (κ1) is 19.1. The van der Waals surface area contributed by atoms with Gasteiger partial charge in [0.15, 0.2) is 23.1 Å². The molecule has 0 unspecified atom stereocenters. The van der Waals surface area contributed by atoms with Gasteiger partial charge < -0.3 is 16.2 Å². The van der Waals surface area contributed by atoms with E-state index >= 15 is 0 Å². The highest BCUT2D eigenvalue weighted by molar-refractivity contribution is 5.94. The topological polar surface area (TPSA) is 147 Å². The number of halogens is 1. The van der Waals surface area contributed by atoms with E-state index in [2.05, 4.69) is 30.1 Å². The molecule has 1 amide bonds. The molecular weight excluding hydrogens is 391 g/mol. The van der Waals surface area contributed by atoms with E-state index in [4.69, 9.17) is 11.5 Å². The monoisotopic (exact) mass is 408 g/mol. The lowest BCUT2D eigenvalue weighted by atomic mass is 10.2. The standard InChI is InChI=1S/C19H17FN8O2/c1-30-19(29)24-14-15(21)25-17(26-16(14)22)13-12-7-11(20)8-23-18(12)28(27-13)9-10-5-3-2-4-6-10/h2-8H,9H2,1H3,(H,24,29)(H4,21,22,25,26). The summed E-state index contributed by atoms with van der Waals surface area (Å²) in [5.41, 5.74) is 13.6. The fraction of sp³-hybridized carbons (Fsp3) is 0.105. The number of benzene rings is 1.